The lowest BCUT2D eigenvalue weighted by atomic mass is 9.88. The standard InChI is InChI=1S/C25H24N8O2/c1-17-22(24(35)33(31(17)4)20-8-6-5-7-9-20)21(34)14-32-23(25(15-26,16-27)28-29-32)18-10-12-19(13-11-18)30(2)3/h5-13,23H,14H2,1-4H3. The average molecular weight is 469 g/mol. The Bertz CT molecular complexity index is 1420. The minimum Gasteiger partial charge on any atom is -0.378 e. The highest BCUT2D eigenvalue weighted by Gasteiger charge is 2.50. The van der Waals surface area contributed by atoms with E-state index in [2.05, 4.69) is 10.3 Å². The largest absolute Gasteiger partial charge is 0.378 e. The van der Waals surface area contributed by atoms with Gasteiger partial charge in [-0.3, -0.25) is 19.3 Å². The molecule has 0 amide bonds. The predicted octanol–water partition coefficient (Wildman–Crippen LogP) is 2.94. The first kappa shape index (κ1) is 23.5. The maximum Gasteiger partial charge on any atom is 0.282 e. The van der Waals surface area contributed by atoms with Crippen LogP contribution in [0, 0.1) is 29.6 Å². The number of nitrogens with zero attached hydrogens (tertiary/aromatic N) is 8. The van der Waals surface area contributed by atoms with Crippen LogP contribution in [0.25, 0.3) is 5.69 Å². The number of carbonyl (C=O) groups excluding carboxylic acids is 1. The van der Waals surface area contributed by atoms with Crippen molar-refractivity contribution < 1.29 is 4.79 Å². The molecule has 35 heavy (non-hydrogen) atoms. The summed E-state index contributed by atoms with van der Waals surface area (Å²) in [5.74, 6) is -0.474. The number of anilines is 1. The summed E-state index contributed by atoms with van der Waals surface area (Å²) in [7, 11) is 5.51. The zero-order valence-electron chi connectivity index (χ0n) is 19.9. The van der Waals surface area contributed by atoms with Crippen molar-refractivity contribution in [3.8, 4) is 17.8 Å². The van der Waals surface area contributed by atoms with Gasteiger partial charge >= 0.3 is 0 Å². The van der Waals surface area contributed by atoms with E-state index in [1.165, 1.54) is 9.69 Å². The molecule has 2 aromatic carbocycles. The van der Waals surface area contributed by atoms with Gasteiger partial charge < -0.3 is 4.90 Å². The number of Topliss-reactive ketones (excluding diaryl/α,β-unsaturated/α-hetero) is 1. The van der Waals surface area contributed by atoms with E-state index in [0.29, 0.717) is 16.9 Å². The molecular formula is C25H24N8O2. The minimum absolute atomic E-state index is 0.0275. The van der Waals surface area contributed by atoms with E-state index < -0.39 is 22.9 Å². The number of nitriles is 2. The molecule has 10 nitrogen and oxygen atoms in total. The fourth-order valence-electron chi connectivity index (χ4n) is 4.25. The SMILES string of the molecule is Cc1c(C(=O)CN2N=NC(C#N)(C#N)C2c2ccc(N(C)C)cc2)c(=O)n(-c2ccccc2)n1C. The lowest BCUT2D eigenvalue weighted by molar-refractivity contribution is 0.0901. The molecule has 1 unspecified atom stereocenters. The lowest BCUT2D eigenvalue weighted by Crippen LogP contribution is -2.38. The molecule has 4 rings (SSSR count). The van der Waals surface area contributed by atoms with Crippen molar-refractivity contribution in [2.24, 2.45) is 17.4 Å². The Morgan fingerprint density at radius 1 is 1.09 bits per heavy atom. The van der Waals surface area contributed by atoms with E-state index in [4.69, 9.17) is 0 Å². The van der Waals surface area contributed by atoms with Gasteiger partial charge in [-0.1, -0.05) is 35.6 Å². The first-order valence-electron chi connectivity index (χ1n) is 10.9. The van der Waals surface area contributed by atoms with E-state index in [9.17, 15) is 20.1 Å². The van der Waals surface area contributed by atoms with E-state index in [0.717, 1.165) is 5.69 Å². The molecule has 1 aliphatic rings. The average Bonchev–Trinajstić information content (AvgIpc) is 3.33. The van der Waals surface area contributed by atoms with Gasteiger partial charge in [0.1, 0.15) is 30.3 Å². The summed E-state index contributed by atoms with van der Waals surface area (Å²) in [6.45, 7) is 1.38. The first-order valence-corrected chi connectivity index (χ1v) is 10.9. The monoisotopic (exact) mass is 468 g/mol. The van der Waals surface area contributed by atoms with Crippen molar-refractivity contribution in [3.63, 3.8) is 0 Å². The van der Waals surface area contributed by atoms with Gasteiger partial charge in [-0.2, -0.15) is 10.5 Å². The van der Waals surface area contributed by atoms with Crippen LogP contribution < -0.4 is 10.5 Å². The summed E-state index contributed by atoms with van der Waals surface area (Å²) in [6.07, 6.45) is 0. The number of benzene rings is 2. The molecule has 0 N–H and O–H groups in total. The minimum atomic E-state index is -1.81. The highest BCUT2D eigenvalue weighted by molar-refractivity contribution is 5.98. The molecule has 1 aromatic heterocycles. The molecule has 0 spiro atoms. The van der Waals surface area contributed by atoms with E-state index in [1.807, 2.05) is 61.5 Å². The second-order valence-electron chi connectivity index (χ2n) is 8.53. The highest BCUT2D eigenvalue weighted by atomic mass is 16.2. The van der Waals surface area contributed by atoms with Crippen LogP contribution in [0.4, 0.5) is 5.69 Å². The number of para-hydroxylation sites is 1. The molecule has 3 aromatic rings. The fourth-order valence-corrected chi connectivity index (χ4v) is 4.25. The normalized spacial score (nSPS) is 16.1. The molecule has 1 aliphatic heterocycles. The molecule has 176 valence electrons. The van der Waals surface area contributed by atoms with Crippen LogP contribution >= 0.6 is 0 Å². The zero-order valence-corrected chi connectivity index (χ0v) is 19.9. The summed E-state index contributed by atoms with van der Waals surface area (Å²) in [5.41, 5.74) is 0.451. The third kappa shape index (κ3) is 3.85. The second kappa shape index (κ2) is 8.92. The van der Waals surface area contributed by atoms with Gasteiger partial charge in [0.25, 0.3) is 11.1 Å². The van der Waals surface area contributed by atoms with Gasteiger partial charge in [-0.15, -0.1) is 5.11 Å². The Morgan fingerprint density at radius 3 is 2.29 bits per heavy atom. The van der Waals surface area contributed by atoms with Crippen molar-refractivity contribution in [3.05, 3.63) is 81.8 Å². The first-order chi connectivity index (χ1) is 16.7. The molecule has 0 saturated heterocycles. The van der Waals surface area contributed by atoms with Gasteiger partial charge in [0.2, 0.25) is 0 Å². The van der Waals surface area contributed by atoms with E-state index in [1.54, 1.807) is 42.9 Å². The van der Waals surface area contributed by atoms with E-state index in [-0.39, 0.29) is 12.1 Å². The fraction of sp³-hybridized carbons (Fsp3) is 0.280. The Balaban J connectivity index is 1.71. The Morgan fingerprint density at radius 2 is 1.71 bits per heavy atom. The van der Waals surface area contributed by atoms with Crippen molar-refractivity contribution in [1.29, 1.82) is 10.5 Å². The van der Waals surface area contributed by atoms with Gasteiger partial charge in [0, 0.05) is 32.5 Å². The Labute approximate surface area is 202 Å². The van der Waals surface area contributed by atoms with Crippen LogP contribution in [0.3, 0.4) is 0 Å². The second-order valence-corrected chi connectivity index (χ2v) is 8.53. The molecule has 10 heteroatoms. The van der Waals surface area contributed by atoms with Crippen molar-refractivity contribution in [1.82, 2.24) is 14.4 Å². The molecule has 0 radical (unpaired) electrons. The van der Waals surface area contributed by atoms with Gasteiger partial charge in [0.05, 0.1) is 5.69 Å². The zero-order chi connectivity index (χ0) is 25.3. The lowest BCUT2D eigenvalue weighted by Gasteiger charge is -2.26. The van der Waals surface area contributed by atoms with Crippen molar-refractivity contribution in [2.75, 3.05) is 25.5 Å². The predicted molar refractivity (Wildman–Crippen MR) is 129 cm³/mol. The number of rotatable bonds is 6. The maximum absolute atomic E-state index is 13.4. The molecule has 1 atom stereocenters. The quantitative estimate of drug-likeness (QED) is 0.513. The Hall–Kier alpha value is -4.70. The number of ketones is 1. The molecule has 0 saturated carbocycles. The van der Waals surface area contributed by atoms with Crippen LogP contribution in [-0.4, -0.2) is 46.3 Å². The Kier molecular flexibility index (Phi) is 5.98. The molecule has 0 aliphatic carbocycles. The summed E-state index contributed by atoms with van der Waals surface area (Å²) in [4.78, 5) is 28.6. The van der Waals surface area contributed by atoms with Crippen LogP contribution in [0.15, 0.2) is 69.7 Å². The summed E-state index contributed by atoms with van der Waals surface area (Å²) in [5, 5.41) is 28.9. The van der Waals surface area contributed by atoms with Crippen molar-refractivity contribution in [2.45, 2.75) is 18.5 Å². The summed E-state index contributed by atoms with van der Waals surface area (Å²) >= 11 is 0. The number of hydrogen-bond donors (Lipinski definition) is 0. The molecule has 0 fully saturated rings. The number of aromatic nitrogens is 2. The van der Waals surface area contributed by atoms with Gasteiger partial charge in [-0.25, -0.2) is 4.68 Å². The smallest absolute Gasteiger partial charge is 0.282 e. The number of carbonyl (C=O) groups is 1. The van der Waals surface area contributed by atoms with Gasteiger partial charge in [0.15, 0.2) is 5.78 Å². The van der Waals surface area contributed by atoms with Crippen LogP contribution in [0.2, 0.25) is 0 Å². The van der Waals surface area contributed by atoms with Crippen LogP contribution in [-0.2, 0) is 7.05 Å². The third-order valence-electron chi connectivity index (χ3n) is 6.22. The van der Waals surface area contributed by atoms with Crippen LogP contribution in [0.5, 0.6) is 0 Å². The number of hydrogen-bond acceptors (Lipinski definition) is 8. The van der Waals surface area contributed by atoms with Crippen LogP contribution in [0.1, 0.15) is 27.7 Å². The molecule has 0 bridgehead atoms. The highest BCUT2D eigenvalue weighted by Crippen LogP contribution is 2.40. The maximum atomic E-state index is 13.4. The topological polar surface area (TPSA) is 123 Å². The molecular weight excluding hydrogens is 444 g/mol. The van der Waals surface area contributed by atoms with Crippen molar-refractivity contribution >= 4 is 11.5 Å². The van der Waals surface area contributed by atoms with E-state index >= 15 is 0 Å². The third-order valence-corrected chi connectivity index (χ3v) is 6.22. The summed E-state index contributed by atoms with van der Waals surface area (Å²) in [6, 6.07) is 19.3. The van der Waals surface area contributed by atoms with Gasteiger partial charge in [-0.05, 0) is 36.8 Å². The molecule has 2 heterocycles. The summed E-state index contributed by atoms with van der Waals surface area (Å²) < 4.78 is 3.06.